The number of halogens is 1. The van der Waals surface area contributed by atoms with Gasteiger partial charge in [-0.15, -0.1) is 10.2 Å². The molecule has 0 radical (unpaired) electrons. The van der Waals surface area contributed by atoms with Gasteiger partial charge in [0.1, 0.15) is 0 Å². The normalized spacial score (nSPS) is 14.3. The monoisotopic (exact) mass is 597 g/mol. The molecule has 1 aromatic heterocycles. The number of nitrogens with zero attached hydrogens (tertiary/aromatic N) is 4. The summed E-state index contributed by atoms with van der Waals surface area (Å²) in [5.74, 6) is 0.337. The Morgan fingerprint density at radius 3 is 2.52 bits per heavy atom. The highest BCUT2D eigenvalue weighted by molar-refractivity contribution is 7.99. The van der Waals surface area contributed by atoms with E-state index >= 15 is 0 Å². The zero-order chi connectivity index (χ0) is 28.3. The second kappa shape index (κ2) is 12.1. The number of ether oxygens (including phenoxy) is 1. The van der Waals surface area contributed by atoms with Crippen LogP contribution in [0.15, 0.2) is 76.8 Å². The number of morpholine rings is 1. The predicted octanol–water partition coefficient (Wildman–Crippen LogP) is 4.96. The number of sulfonamides is 1. The number of carbonyl (C=O) groups is 1. The van der Waals surface area contributed by atoms with E-state index < -0.39 is 10.0 Å². The van der Waals surface area contributed by atoms with Gasteiger partial charge in [0.15, 0.2) is 11.0 Å². The number of thioether (sulfide) groups is 1. The Labute approximate surface area is 242 Å². The maximum atomic E-state index is 13.3. The molecule has 5 rings (SSSR count). The molecular weight excluding hydrogens is 570 g/mol. The van der Waals surface area contributed by atoms with Gasteiger partial charge in [-0.2, -0.15) is 4.31 Å². The second-order valence-corrected chi connectivity index (χ2v) is 12.6. The van der Waals surface area contributed by atoms with Crippen LogP contribution in [-0.2, 0) is 19.6 Å². The number of nitrogens with one attached hydrogen (secondary N) is 1. The highest BCUT2D eigenvalue weighted by Crippen LogP contribution is 2.31. The molecule has 0 saturated carbocycles. The molecule has 1 amide bonds. The van der Waals surface area contributed by atoms with Gasteiger partial charge in [-0.3, -0.25) is 9.36 Å². The molecule has 1 N–H and O–H groups in total. The lowest BCUT2D eigenvalue weighted by Gasteiger charge is -2.26. The van der Waals surface area contributed by atoms with E-state index in [4.69, 9.17) is 16.3 Å². The van der Waals surface area contributed by atoms with Crippen molar-refractivity contribution in [3.8, 4) is 17.1 Å². The van der Waals surface area contributed by atoms with Crippen molar-refractivity contribution >= 4 is 45.0 Å². The average molecular weight is 598 g/mol. The number of hydrogen-bond acceptors (Lipinski definition) is 7. The lowest BCUT2D eigenvalue weighted by molar-refractivity contribution is -0.113. The fourth-order valence-corrected chi connectivity index (χ4v) is 6.67. The third-order valence-electron chi connectivity index (χ3n) is 6.52. The Morgan fingerprint density at radius 1 is 1.00 bits per heavy atom. The van der Waals surface area contributed by atoms with E-state index in [1.165, 1.54) is 16.1 Å². The molecule has 4 aromatic rings. The fourth-order valence-electron chi connectivity index (χ4n) is 4.28. The summed E-state index contributed by atoms with van der Waals surface area (Å²) < 4.78 is 35.1. The molecule has 2 heterocycles. The van der Waals surface area contributed by atoms with Crippen LogP contribution < -0.4 is 5.32 Å². The number of benzene rings is 3. The fraction of sp³-hybridized carbons (Fsp3) is 0.250. The minimum atomic E-state index is -3.71. The average Bonchev–Trinajstić information content (AvgIpc) is 3.38. The van der Waals surface area contributed by atoms with Crippen LogP contribution in [0.5, 0.6) is 0 Å². The van der Waals surface area contributed by atoms with E-state index in [1.807, 2.05) is 44.2 Å². The van der Waals surface area contributed by atoms with Crippen molar-refractivity contribution in [2.24, 2.45) is 0 Å². The van der Waals surface area contributed by atoms with E-state index in [0.29, 0.717) is 53.6 Å². The Bertz CT molecular complexity index is 1650. The number of anilines is 1. The summed E-state index contributed by atoms with van der Waals surface area (Å²) in [5.41, 5.74) is 4.22. The summed E-state index contributed by atoms with van der Waals surface area (Å²) in [6, 6.07) is 19.6. The van der Waals surface area contributed by atoms with Crippen molar-refractivity contribution < 1.29 is 17.9 Å². The van der Waals surface area contributed by atoms with Gasteiger partial charge in [-0.1, -0.05) is 47.6 Å². The minimum absolute atomic E-state index is 0.0943. The van der Waals surface area contributed by atoms with Gasteiger partial charge in [0.05, 0.1) is 29.5 Å². The van der Waals surface area contributed by atoms with Crippen LogP contribution in [0, 0.1) is 13.8 Å². The second-order valence-electron chi connectivity index (χ2n) is 9.30. The largest absolute Gasteiger partial charge is 0.379 e. The van der Waals surface area contributed by atoms with Gasteiger partial charge < -0.3 is 10.1 Å². The molecule has 0 bridgehead atoms. The summed E-state index contributed by atoms with van der Waals surface area (Å²) in [5, 5.41) is 12.7. The maximum Gasteiger partial charge on any atom is 0.243 e. The van der Waals surface area contributed by atoms with E-state index in [1.54, 1.807) is 41.0 Å². The number of aromatic nitrogens is 3. The third kappa shape index (κ3) is 6.24. The third-order valence-corrected chi connectivity index (χ3v) is 9.58. The molecule has 0 spiro atoms. The minimum Gasteiger partial charge on any atom is -0.379 e. The summed E-state index contributed by atoms with van der Waals surface area (Å²) in [7, 11) is -3.71. The van der Waals surface area contributed by atoms with Crippen LogP contribution in [0.3, 0.4) is 0 Å². The molecule has 0 atom stereocenters. The Balaban J connectivity index is 1.45. The first-order valence-electron chi connectivity index (χ1n) is 12.6. The quantitative estimate of drug-likeness (QED) is 0.286. The molecule has 40 heavy (non-hydrogen) atoms. The van der Waals surface area contributed by atoms with Gasteiger partial charge >= 0.3 is 0 Å². The standard InChI is InChI=1S/C28H28ClN5O4S2/c1-19-9-10-23(15-20(19)2)30-26(35)18-39-28-32-31-27(34(28)24-7-4-6-22(29)17-24)21-5-3-8-25(16-21)40(36,37)33-11-13-38-14-12-33/h3-10,15-17H,11-14,18H2,1-2H3,(H,30,35). The lowest BCUT2D eigenvalue weighted by atomic mass is 10.1. The number of aryl methyl sites for hydroxylation is 2. The van der Waals surface area contributed by atoms with Crippen LogP contribution in [0.25, 0.3) is 17.1 Å². The summed E-state index contributed by atoms with van der Waals surface area (Å²) in [6.45, 7) is 5.34. The molecule has 3 aromatic carbocycles. The van der Waals surface area contributed by atoms with Gasteiger partial charge in [0, 0.05) is 29.4 Å². The Kier molecular flexibility index (Phi) is 8.57. The molecule has 208 valence electrons. The van der Waals surface area contributed by atoms with Crippen LogP contribution >= 0.6 is 23.4 Å². The van der Waals surface area contributed by atoms with Crippen molar-refractivity contribution in [3.05, 3.63) is 82.9 Å². The van der Waals surface area contributed by atoms with Gasteiger partial charge in [-0.05, 0) is 67.4 Å². The first-order valence-corrected chi connectivity index (χ1v) is 15.4. The lowest BCUT2D eigenvalue weighted by Crippen LogP contribution is -2.40. The van der Waals surface area contributed by atoms with E-state index in [0.717, 1.165) is 16.8 Å². The molecule has 1 fully saturated rings. The van der Waals surface area contributed by atoms with Crippen molar-refractivity contribution in [3.63, 3.8) is 0 Å². The van der Waals surface area contributed by atoms with Gasteiger partial charge in [-0.25, -0.2) is 8.42 Å². The zero-order valence-electron chi connectivity index (χ0n) is 22.0. The molecule has 1 saturated heterocycles. The first kappa shape index (κ1) is 28.3. The summed E-state index contributed by atoms with van der Waals surface area (Å²) >= 11 is 7.53. The van der Waals surface area contributed by atoms with Crippen LogP contribution in [0.1, 0.15) is 11.1 Å². The molecule has 0 unspecified atom stereocenters. The smallest absolute Gasteiger partial charge is 0.243 e. The van der Waals surface area contributed by atoms with Crippen LogP contribution in [0.4, 0.5) is 5.69 Å². The molecule has 1 aliphatic rings. The van der Waals surface area contributed by atoms with Crippen LogP contribution in [0.2, 0.25) is 5.02 Å². The number of rotatable bonds is 8. The van der Waals surface area contributed by atoms with E-state index in [-0.39, 0.29) is 16.6 Å². The zero-order valence-corrected chi connectivity index (χ0v) is 24.4. The SMILES string of the molecule is Cc1ccc(NC(=O)CSc2nnc(-c3cccc(S(=O)(=O)N4CCOCC4)c3)n2-c2cccc(Cl)c2)cc1C. The highest BCUT2D eigenvalue weighted by atomic mass is 35.5. The first-order chi connectivity index (χ1) is 19.2. The van der Waals surface area contributed by atoms with Gasteiger partial charge in [0.2, 0.25) is 15.9 Å². The van der Waals surface area contributed by atoms with Crippen molar-refractivity contribution in [1.29, 1.82) is 0 Å². The number of hydrogen-bond donors (Lipinski definition) is 1. The van der Waals surface area contributed by atoms with Crippen molar-refractivity contribution in [2.45, 2.75) is 23.9 Å². The summed E-state index contributed by atoms with van der Waals surface area (Å²) in [6.07, 6.45) is 0. The van der Waals surface area contributed by atoms with Crippen molar-refractivity contribution in [1.82, 2.24) is 19.1 Å². The van der Waals surface area contributed by atoms with Crippen molar-refractivity contribution in [2.75, 3.05) is 37.4 Å². The van der Waals surface area contributed by atoms with E-state index in [9.17, 15) is 13.2 Å². The maximum absolute atomic E-state index is 13.3. The number of carbonyl (C=O) groups excluding carboxylic acids is 1. The topological polar surface area (TPSA) is 106 Å². The molecule has 0 aliphatic carbocycles. The molecule has 9 nitrogen and oxygen atoms in total. The summed E-state index contributed by atoms with van der Waals surface area (Å²) in [4.78, 5) is 12.9. The molecular formula is C28H28ClN5O4S2. The highest BCUT2D eigenvalue weighted by Gasteiger charge is 2.27. The van der Waals surface area contributed by atoms with E-state index in [2.05, 4.69) is 15.5 Å². The molecule has 1 aliphatic heterocycles. The van der Waals surface area contributed by atoms with Gasteiger partial charge in [0.25, 0.3) is 0 Å². The van der Waals surface area contributed by atoms with Crippen LogP contribution in [-0.4, -0.2) is 65.5 Å². The molecule has 12 heteroatoms. The predicted molar refractivity (Wildman–Crippen MR) is 157 cm³/mol. The number of amides is 1. The Morgan fingerprint density at radius 2 is 1.77 bits per heavy atom. The Hall–Kier alpha value is -3.22.